The van der Waals surface area contributed by atoms with E-state index >= 15 is 0 Å². The van der Waals surface area contributed by atoms with Gasteiger partial charge < -0.3 is 14.2 Å². The molecule has 1 aliphatic rings. The average Bonchev–Trinajstić information content (AvgIpc) is 3.17. The first kappa shape index (κ1) is 24.5. The van der Waals surface area contributed by atoms with E-state index in [-0.39, 0.29) is 34.7 Å². The summed E-state index contributed by atoms with van der Waals surface area (Å²) >= 11 is 18.5. The number of nitrogens with zero attached hydrogens (tertiary/aromatic N) is 2. The lowest BCUT2D eigenvalue weighted by atomic mass is 10.1. The maximum absolute atomic E-state index is 12.4. The van der Waals surface area contributed by atoms with Gasteiger partial charge in [0.2, 0.25) is 5.90 Å². The summed E-state index contributed by atoms with van der Waals surface area (Å²) in [7, 11) is 1.44. The van der Waals surface area contributed by atoms with Crippen molar-refractivity contribution in [2.75, 3.05) is 7.11 Å². The number of rotatable bonds is 7. The number of cyclic esters (lactones) is 1. The van der Waals surface area contributed by atoms with E-state index in [1.54, 1.807) is 36.4 Å². The van der Waals surface area contributed by atoms with E-state index in [1.165, 1.54) is 31.4 Å². The highest BCUT2D eigenvalue weighted by atomic mass is 35.5. The summed E-state index contributed by atoms with van der Waals surface area (Å²) in [6, 6.07) is 14.0. The van der Waals surface area contributed by atoms with E-state index in [1.807, 2.05) is 0 Å². The number of nitro groups is 1. The van der Waals surface area contributed by atoms with Crippen molar-refractivity contribution in [1.29, 1.82) is 0 Å². The van der Waals surface area contributed by atoms with Crippen molar-refractivity contribution >= 4 is 58.4 Å². The Morgan fingerprint density at radius 1 is 1.09 bits per heavy atom. The molecule has 11 heteroatoms. The zero-order valence-corrected chi connectivity index (χ0v) is 20.2. The molecule has 178 valence electrons. The minimum absolute atomic E-state index is 0.0278. The molecule has 0 radical (unpaired) electrons. The van der Waals surface area contributed by atoms with Crippen LogP contribution in [-0.4, -0.2) is 23.9 Å². The Morgan fingerprint density at radius 2 is 1.89 bits per heavy atom. The fourth-order valence-electron chi connectivity index (χ4n) is 3.22. The van der Waals surface area contributed by atoms with Gasteiger partial charge in [-0.25, -0.2) is 9.79 Å². The zero-order valence-electron chi connectivity index (χ0n) is 18.0. The number of hydrogen-bond acceptors (Lipinski definition) is 7. The molecule has 0 aliphatic carbocycles. The van der Waals surface area contributed by atoms with Gasteiger partial charge in [-0.1, -0.05) is 46.9 Å². The van der Waals surface area contributed by atoms with Crippen LogP contribution in [0.3, 0.4) is 0 Å². The van der Waals surface area contributed by atoms with Gasteiger partial charge in [0.1, 0.15) is 6.61 Å². The zero-order chi connectivity index (χ0) is 25.1. The second kappa shape index (κ2) is 10.4. The number of hydrogen-bond donors (Lipinski definition) is 0. The number of carbonyl (C=O) groups excluding carboxylic acids is 1. The summed E-state index contributed by atoms with van der Waals surface area (Å²) in [5, 5.41) is 11.9. The van der Waals surface area contributed by atoms with Crippen LogP contribution in [0.5, 0.6) is 11.5 Å². The van der Waals surface area contributed by atoms with Crippen LogP contribution in [0.1, 0.15) is 16.7 Å². The number of benzene rings is 3. The molecule has 4 rings (SSSR count). The summed E-state index contributed by atoms with van der Waals surface area (Å²) in [6.45, 7) is 0.0278. The van der Waals surface area contributed by atoms with Gasteiger partial charge in [-0.05, 0) is 47.5 Å². The third-order valence-electron chi connectivity index (χ3n) is 4.84. The first-order valence-corrected chi connectivity index (χ1v) is 11.1. The summed E-state index contributed by atoms with van der Waals surface area (Å²) in [5.41, 5.74) is 1.51. The molecular formula is C24H15Cl3N2O6. The molecule has 35 heavy (non-hydrogen) atoms. The van der Waals surface area contributed by atoms with Crippen molar-refractivity contribution < 1.29 is 23.9 Å². The highest BCUT2D eigenvalue weighted by Crippen LogP contribution is 2.38. The average molecular weight is 534 g/mol. The van der Waals surface area contributed by atoms with E-state index in [0.717, 1.165) is 0 Å². The normalized spacial score (nSPS) is 14.0. The van der Waals surface area contributed by atoms with Gasteiger partial charge in [0, 0.05) is 17.2 Å². The quantitative estimate of drug-likeness (QED) is 0.149. The number of esters is 1. The summed E-state index contributed by atoms with van der Waals surface area (Å²) in [5.74, 6) is -0.0648. The van der Waals surface area contributed by atoms with Crippen LogP contribution in [0.2, 0.25) is 15.1 Å². The molecule has 0 amide bonds. The molecule has 0 spiro atoms. The second-order valence-electron chi connectivity index (χ2n) is 7.21. The van der Waals surface area contributed by atoms with Crippen molar-refractivity contribution in [1.82, 2.24) is 0 Å². The Morgan fingerprint density at radius 3 is 2.60 bits per heavy atom. The predicted molar refractivity (Wildman–Crippen MR) is 133 cm³/mol. The molecule has 0 aromatic heterocycles. The molecular weight excluding hydrogens is 519 g/mol. The summed E-state index contributed by atoms with van der Waals surface area (Å²) in [6.07, 6.45) is 1.48. The van der Waals surface area contributed by atoms with Crippen LogP contribution < -0.4 is 9.47 Å². The maximum atomic E-state index is 12.4. The van der Waals surface area contributed by atoms with E-state index in [2.05, 4.69) is 4.99 Å². The predicted octanol–water partition coefficient (Wildman–Crippen LogP) is 6.49. The van der Waals surface area contributed by atoms with E-state index in [9.17, 15) is 14.9 Å². The van der Waals surface area contributed by atoms with Crippen LogP contribution >= 0.6 is 34.8 Å². The molecule has 0 bridgehead atoms. The van der Waals surface area contributed by atoms with Crippen LogP contribution in [-0.2, 0) is 16.1 Å². The van der Waals surface area contributed by atoms with E-state index in [4.69, 9.17) is 49.0 Å². The Hall–Kier alpha value is -3.59. The Balaban J connectivity index is 1.59. The van der Waals surface area contributed by atoms with Gasteiger partial charge in [0.15, 0.2) is 17.2 Å². The highest BCUT2D eigenvalue weighted by molar-refractivity contribution is 6.37. The van der Waals surface area contributed by atoms with Crippen LogP contribution in [0, 0.1) is 10.1 Å². The fourth-order valence-corrected chi connectivity index (χ4v) is 3.99. The monoisotopic (exact) mass is 532 g/mol. The van der Waals surface area contributed by atoms with Gasteiger partial charge in [-0.2, -0.15) is 0 Å². The van der Waals surface area contributed by atoms with Crippen molar-refractivity contribution in [3.05, 3.63) is 102 Å². The molecule has 8 nitrogen and oxygen atoms in total. The van der Waals surface area contributed by atoms with Crippen molar-refractivity contribution in [2.45, 2.75) is 6.61 Å². The summed E-state index contributed by atoms with van der Waals surface area (Å²) in [4.78, 5) is 27.1. The van der Waals surface area contributed by atoms with Gasteiger partial charge >= 0.3 is 5.97 Å². The van der Waals surface area contributed by atoms with E-state index in [0.29, 0.717) is 32.5 Å². The smallest absolute Gasteiger partial charge is 0.363 e. The minimum Gasteiger partial charge on any atom is -0.493 e. The van der Waals surface area contributed by atoms with Crippen molar-refractivity contribution in [2.24, 2.45) is 4.99 Å². The number of carbonyl (C=O) groups is 1. The number of aliphatic imine (C=N–C) groups is 1. The molecule has 3 aromatic carbocycles. The molecule has 0 N–H and O–H groups in total. The molecule has 0 fully saturated rings. The van der Waals surface area contributed by atoms with Crippen molar-refractivity contribution in [3.8, 4) is 11.5 Å². The number of halogens is 3. The first-order valence-electron chi connectivity index (χ1n) is 9.97. The third-order valence-corrected chi connectivity index (χ3v) is 5.67. The van der Waals surface area contributed by atoms with Crippen LogP contribution in [0.15, 0.2) is 65.3 Å². The van der Waals surface area contributed by atoms with Gasteiger partial charge in [-0.3, -0.25) is 10.1 Å². The highest BCUT2D eigenvalue weighted by Gasteiger charge is 2.26. The van der Waals surface area contributed by atoms with Crippen molar-refractivity contribution in [3.63, 3.8) is 0 Å². The lowest BCUT2D eigenvalue weighted by Crippen LogP contribution is -2.05. The molecule has 1 aliphatic heterocycles. The SMILES string of the molecule is COc1cc(/C=C2\N=C(c3ccc(Cl)cc3Cl)OC2=O)cc(Cl)c1OCc1cccc([N+](=O)[O-])c1. The van der Waals surface area contributed by atoms with Crippen LogP contribution in [0.4, 0.5) is 5.69 Å². The first-order chi connectivity index (χ1) is 16.7. The van der Waals surface area contributed by atoms with Gasteiger partial charge in [0.05, 0.1) is 27.6 Å². The van der Waals surface area contributed by atoms with E-state index < -0.39 is 10.9 Å². The Bertz CT molecular complexity index is 1400. The van der Waals surface area contributed by atoms with Gasteiger partial charge in [-0.15, -0.1) is 0 Å². The molecule has 0 saturated carbocycles. The standard InChI is InChI=1S/C24H15Cl3N2O6/c1-33-21-10-14(8-19(27)22(21)34-12-13-3-2-4-16(7-13)29(31)32)9-20-24(30)35-23(28-20)17-6-5-15(25)11-18(17)26/h2-11H,12H2,1H3/b20-9-. The number of nitro benzene ring substituents is 1. The minimum atomic E-state index is -0.660. The largest absolute Gasteiger partial charge is 0.493 e. The topological polar surface area (TPSA) is 100 Å². The second-order valence-corrected chi connectivity index (χ2v) is 8.46. The number of non-ortho nitro benzene ring substituents is 1. The van der Waals surface area contributed by atoms with Crippen LogP contribution in [0.25, 0.3) is 6.08 Å². The molecule has 3 aromatic rings. The lowest BCUT2D eigenvalue weighted by molar-refractivity contribution is -0.384. The third kappa shape index (κ3) is 5.57. The number of ether oxygens (including phenoxy) is 3. The lowest BCUT2D eigenvalue weighted by Gasteiger charge is -2.13. The summed E-state index contributed by atoms with van der Waals surface area (Å²) < 4.78 is 16.4. The fraction of sp³-hybridized carbons (Fsp3) is 0.0833. The molecule has 0 saturated heterocycles. The Labute approximate surface area is 214 Å². The number of methoxy groups -OCH3 is 1. The maximum Gasteiger partial charge on any atom is 0.363 e. The molecule has 0 unspecified atom stereocenters. The van der Waals surface area contributed by atoms with Gasteiger partial charge in [0.25, 0.3) is 5.69 Å². The Kier molecular flexibility index (Phi) is 7.25. The molecule has 0 atom stereocenters. The molecule has 1 heterocycles.